The molecule has 1 N–H and O–H groups in total. The van der Waals surface area contributed by atoms with Crippen LogP contribution in [0.2, 0.25) is 0 Å². The lowest BCUT2D eigenvalue weighted by molar-refractivity contribution is -0.137. The maximum atomic E-state index is 13.1. The summed E-state index contributed by atoms with van der Waals surface area (Å²) in [6, 6.07) is 2.16. The van der Waals surface area contributed by atoms with Crippen LogP contribution in [-0.4, -0.2) is 29.0 Å². The van der Waals surface area contributed by atoms with Gasteiger partial charge in [0, 0.05) is 19.2 Å². The van der Waals surface area contributed by atoms with Crippen molar-refractivity contribution < 1.29 is 22.0 Å². The monoisotopic (exact) mass is 295 g/mol. The Balaban J connectivity index is 1.88. The summed E-state index contributed by atoms with van der Waals surface area (Å²) in [5.74, 6) is -2.72. The zero-order valence-electron chi connectivity index (χ0n) is 10.6. The average Bonchev–Trinajstić information content (AvgIpc) is 2.35. The Morgan fingerprint density at radius 1 is 1.30 bits per heavy atom. The number of rotatable bonds is 3. The molecule has 1 aliphatic heterocycles. The number of nitrogens with one attached hydrogen (secondary N) is 1. The van der Waals surface area contributed by atoms with Crippen molar-refractivity contribution in [2.24, 2.45) is 0 Å². The van der Waals surface area contributed by atoms with E-state index in [0.717, 1.165) is 12.3 Å². The van der Waals surface area contributed by atoms with Gasteiger partial charge in [-0.05, 0) is 18.6 Å². The number of halogens is 5. The molecule has 0 aromatic carbocycles. The van der Waals surface area contributed by atoms with Gasteiger partial charge < -0.3 is 0 Å². The van der Waals surface area contributed by atoms with Gasteiger partial charge in [0.15, 0.2) is 0 Å². The first-order valence-corrected chi connectivity index (χ1v) is 6.15. The number of aromatic nitrogens is 1. The Bertz CT molecular complexity index is 443. The van der Waals surface area contributed by atoms with E-state index in [2.05, 4.69) is 10.4 Å². The highest BCUT2D eigenvalue weighted by atomic mass is 19.4. The van der Waals surface area contributed by atoms with Gasteiger partial charge in [0.25, 0.3) is 5.92 Å². The normalized spacial score (nSPS) is 20.1. The molecule has 2 heterocycles. The van der Waals surface area contributed by atoms with E-state index in [9.17, 15) is 22.0 Å². The number of hydrogen-bond acceptors (Lipinski definition) is 3. The lowest BCUT2D eigenvalue weighted by atomic mass is 10.1. The van der Waals surface area contributed by atoms with Crippen molar-refractivity contribution in [3.8, 4) is 0 Å². The van der Waals surface area contributed by atoms with Crippen molar-refractivity contribution in [2.75, 3.05) is 13.1 Å². The first-order valence-electron chi connectivity index (χ1n) is 6.15. The van der Waals surface area contributed by atoms with Crippen molar-refractivity contribution in [2.45, 2.75) is 31.5 Å². The van der Waals surface area contributed by atoms with Crippen molar-refractivity contribution in [3.05, 3.63) is 29.6 Å². The minimum atomic E-state index is -4.42. The SMILES string of the molecule is FC1(F)CCCN(NCc2ccc(C(F)(F)F)cn2)C1. The minimum Gasteiger partial charge on any atom is -0.259 e. The predicted molar refractivity (Wildman–Crippen MR) is 61.8 cm³/mol. The second-order valence-electron chi connectivity index (χ2n) is 4.75. The van der Waals surface area contributed by atoms with E-state index in [0.29, 0.717) is 18.7 Å². The smallest absolute Gasteiger partial charge is 0.259 e. The molecule has 0 aliphatic carbocycles. The van der Waals surface area contributed by atoms with Crippen LogP contribution in [0.4, 0.5) is 22.0 Å². The quantitative estimate of drug-likeness (QED) is 0.869. The topological polar surface area (TPSA) is 28.2 Å². The highest BCUT2D eigenvalue weighted by molar-refractivity contribution is 5.16. The number of alkyl halides is 5. The Labute approximate surface area is 112 Å². The van der Waals surface area contributed by atoms with Crippen LogP contribution in [0, 0.1) is 0 Å². The summed E-state index contributed by atoms with van der Waals surface area (Å²) in [6.07, 6.45) is -3.44. The van der Waals surface area contributed by atoms with Crippen LogP contribution >= 0.6 is 0 Å². The summed E-state index contributed by atoms with van der Waals surface area (Å²) in [7, 11) is 0. The van der Waals surface area contributed by atoms with Crippen LogP contribution in [0.1, 0.15) is 24.1 Å². The van der Waals surface area contributed by atoms with Gasteiger partial charge in [-0.3, -0.25) is 4.98 Å². The average molecular weight is 295 g/mol. The van der Waals surface area contributed by atoms with Crippen molar-refractivity contribution in [1.82, 2.24) is 15.4 Å². The second-order valence-corrected chi connectivity index (χ2v) is 4.75. The largest absolute Gasteiger partial charge is 0.417 e. The van der Waals surface area contributed by atoms with E-state index < -0.39 is 24.2 Å². The highest BCUT2D eigenvalue weighted by Crippen LogP contribution is 2.28. The maximum absolute atomic E-state index is 13.1. The summed E-state index contributed by atoms with van der Waals surface area (Å²) in [6.45, 7) is 0.206. The predicted octanol–water partition coefficient (Wildman–Crippen LogP) is 2.84. The van der Waals surface area contributed by atoms with Gasteiger partial charge in [0.05, 0.1) is 24.3 Å². The third-order valence-electron chi connectivity index (χ3n) is 3.03. The molecular weight excluding hydrogens is 281 g/mol. The molecule has 0 spiro atoms. The van der Waals surface area contributed by atoms with Gasteiger partial charge in [-0.1, -0.05) is 0 Å². The summed E-state index contributed by atoms with van der Waals surface area (Å²) in [5.41, 5.74) is 2.30. The van der Waals surface area contributed by atoms with E-state index in [1.54, 1.807) is 0 Å². The molecular formula is C12H14F5N3. The number of pyridine rings is 1. The molecule has 0 unspecified atom stereocenters. The standard InChI is InChI=1S/C12H14F5N3/c13-11(14)4-1-5-20(8-11)19-7-10-3-2-9(6-18-10)12(15,16)17/h2-3,6,19H,1,4-5,7-8H2. The van der Waals surface area contributed by atoms with Crippen molar-refractivity contribution in [1.29, 1.82) is 0 Å². The van der Waals surface area contributed by atoms with Crippen LogP contribution in [0.25, 0.3) is 0 Å². The summed E-state index contributed by atoms with van der Waals surface area (Å²) < 4.78 is 63.3. The van der Waals surface area contributed by atoms with Crippen LogP contribution in [0.15, 0.2) is 18.3 Å². The molecule has 112 valence electrons. The number of nitrogens with zero attached hydrogens (tertiary/aromatic N) is 2. The van der Waals surface area contributed by atoms with Crippen LogP contribution in [0.3, 0.4) is 0 Å². The Kier molecular flexibility index (Phi) is 4.24. The van der Waals surface area contributed by atoms with Crippen LogP contribution in [-0.2, 0) is 12.7 Å². The third kappa shape index (κ3) is 4.11. The molecule has 0 saturated carbocycles. The van der Waals surface area contributed by atoms with Gasteiger partial charge in [0.2, 0.25) is 0 Å². The fourth-order valence-corrected chi connectivity index (χ4v) is 1.99. The Morgan fingerprint density at radius 3 is 2.60 bits per heavy atom. The van der Waals surface area contributed by atoms with Gasteiger partial charge >= 0.3 is 6.18 Å². The zero-order valence-corrected chi connectivity index (χ0v) is 10.6. The highest BCUT2D eigenvalue weighted by Gasteiger charge is 2.35. The fourth-order valence-electron chi connectivity index (χ4n) is 1.99. The maximum Gasteiger partial charge on any atom is 0.417 e. The van der Waals surface area contributed by atoms with E-state index in [1.807, 2.05) is 0 Å². The molecule has 1 aliphatic rings. The van der Waals surface area contributed by atoms with Gasteiger partial charge in [-0.15, -0.1) is 0 Å². The molecule has 0 atom stereocenters. The van der Waals surface area contributed by atoms with Crippen molar-refractivity contribution in [3.63, 3.8) is 0 Å². The summed E-state index contributed by atoms with van der Waals surface area (Å²) in [5, 5.41) is 1.38. The molecule has 1 saturated heterocycles. The van der Waals surface area contributed by atoms with E-state index in [-0.39, 0.29) is 13.0 Å². The molecule has 1 fully saturated rings. The van der Waals surface area contributed by atoms with E-state index >= 15 is 0 Å². The van der Waals surface area contributed by atoms with E-state index in [4.69, 9.17) is 0 Å². The molecule has 0 amide bonds. The molecule has 1 aromatic rings. The zero-order chi connectivity index (χ0) is 14.8. The molecule has 2 rings (SSSR count). The third-order valence-corrected chi connectivity index (χ3v) is 3.03. The number of piperidine rings is 1. The van der Waals surface area contributed by atoms with Crippen molar-refractivity contribution >= 4 is 0 Å². The number of hydrazine groups is 1. The van der Waals surface area contributed by atoms with Gasteiger partial charge in [-0.2, -0.15) is 13.2 Å². The fraction of sp³-hybridized carbons (Fsp3) is 0.583. The molecule has 8 heteroatoms. The number of hydrogen-bond donors (Lipinski definition) is 1. The molecule has 0 radical (unpaired) electrons. The van der Waals surface area contributed by atoms with Gasteiger partial charge in [0.1, 0.15) is 0 Å². The molecule has 1 aromatic heterocycles. The molecule has 0 bridgehead atoms. The van der Waals surface area contributed by atoms with Crippen LogP contribution in [0.5, 0.6) is 0 Å². The molecule has 3 nitrogen and oxygen atoms in total. The van der Waals surface area contributed by atoms with Gasteiger partial charge in [-0.25, -0.2) is 19.2 Å². The lowest BCUT2D eigenvalue weighted by Crippen LogP contribution is -2.49. The summed E-state index contributed by atoms with van der Waals surface area (Å²) in [4.78, 5) is 3.67. The first kappa shape index (κ1) is 15.1. The Hall–Kier alpha value is -1.28. The second kappa shape index (κ2) is 5.61. The van der Waals surface area contributed by atoms with Crippen LogP contribution < -0.4 is 5.43 Å². The summed E-state index contributed by atoms with van der Waals surface area (Å²) >= 11 is 0. The first-order chi connectivity index (χ1) is 9.26. The molecule has 20 heavy (non-hydrogen) atoms. The van der Waals surface area contributed by atoms with E-state index in [1.165, 1.54) is 11.1 Å². The lowest BCUT2D eigenvalue weighted by Gasteiger charge is -2.32. The Morgan fingerprint density at radius 2 is 2.05 bits per heavy atom. The minimum absolute atomic E-state index is 0.119.